The summed E-state index contributed by atoms with van der Waals surface area (Å²) < 4.78 is 25.5. The molecule has 13 atom stereocenters. The Hall–Kier alpha value is -2.15. The maximum atomic E-state index is 13.9. The molecule has 2 fully saturated rings. The topological polar surface area (TPSA) is 113 Å². The third kappa shape index (κ3) is 11.2. The molecule has 2 saturated heterocycles. The van der Waals surface area contributed by atoms with E-state index in [2.05, 4.69) is 99.4 Å². The number of fused-ring (bicyclic) bond motifs is 1. The first-order chi connectivity index (χ1) is 25.6. The van der Waals surface area contributed by atoms with Gasteiger partial charge in [-0.2, -0.15) is 0 Å². The summed E-state index contributed by atoms with van der Waals surface area (Å²) in [5.41, 5.74) is -0.408. The van der Waals surface area contributed by atoms with Crippen LogP contribution in [0.4, 0.5) is 0 Å². The van der Waals surface area contributed by atoms with Crippen molar-refractivity contribution in [3.63, 3.8) is 0 Å². The van der Waals surface area contributed by atoms with Crippen molar-refractivity contribution in [1.82, 2.24) is 15.1 Å². The van der Waals surface area contributed by atoms with E-state index in [1.807, 2.05) is 20.8 Å². The fourth-order valence-corrected chi connectivity index (χ4v) is 9.25. The first-order valence-electron chi connectivity index (χ1n) is 20.6. The van der Waals surface area contributed by atoms with Crippen LogP contribution in [0.1, 0.15) is 93.1 Å². The van der Waals surface area contributed by atoms with Gasteiger partial charge in [-0.1, -0.05) is 70.2 Å². The van der Waals surface area contributed by atoms with Gasteiger partial charge < -0.3 is 39.4 Å². The van der Waals surface area contributed by atoms with E-state index >= 15 is 0 Å². The van der Waals surface area contributed by atoms with Crippen LogP contribution in [-0.2, 0) is 30.3 Å². The van der Waals surface area contributed by atoms with Crippen LogP contribution >= 0.6 is 0 Å². The zero-order chi connectivity index (χ0) is 39.7. The zero-order valence-electron chi connectivity index (χ0n) is 35.2. The lowest BCUT2D eigenvalue weighted by Crippen LogP contribution is -2.59. The van der Waals surface area contributed by atoms with E-state index in [9.17, 15) is 15.0 Å². The Morgan fingerprint density at radius 3 is 2.39 bits per heavy atom. The highest BCUT2D eigenvalue weighted by molar-refractivity contribution is 5.85. The highest BCUT2D eigenvalue weighted by Gasteiger charge is 2.47. The van der Waals surface area contributed by atoms with Gasteiger partial charge in [0.2, 0.25) is 0 Å². The lowest BCUT2D eigenvalue weighted by atomic mass is 9.80. The lowest BCUT2D eigenvalue weighted by molar-refractivity contribution is -0.245. The molecule has 0 saturated carbocycles. The number of ether oxygens (including phenoxy) is 4. The van der Waals surface area contributed by atoms with Crippen molar-refractivity contribution in [1.29, 1.82) is 0 Å². The standard InChI is InChI=1S/C44H73N3O7/c1-12-38-44(8,50)42(48)33(7)47(22-16-21-45-26-35-19-15-18-34-17-13-14-20-37(34)35)27-28(2)23-29(3)40(31(5)41(51-11)32(6)43(49)53-38)54-39-25-36(46(9)10)24-30(4)52-39/h13-15,17-20,28-33,36,38-42,45,48,50H,12,16,21-27H2,1-11H3/t28-,29+,30?,31-,32?,33?,36?,38-,39?,40+,41+,42?,44-/m1/s1. The quantitative estimate of drug-likeness (QED) is 0.180. The minimum Gasteiger partial charge on any atom is -0.459 e. The smallest absolute Gasteiger partial charge is 0.311 e. The average Bonchev–Trinajstić information content (AvgIpc) is 3.14. The molecule has 0 aliphatic carbocycles. The van der Waals surface area contributed by atoms with Crippen LogP contribution in [0.2, 0.25) is 0 Å². The van der Waals surface area contributed by atoms with Crippen LogP contribution in [0.5, 0.6) is 0 Å². The van der Waals surface area contributed by atoms with Crippen LogP contribution in [0.15, 0.2) is 42.5 Å². The van der Waals surface area contributed by atoms with Gasteiger partial charge in [-0.25, -0.2) is 0 Å². The second-order valence-electron chi connectivity index (χ2n) is 17.1. The number of methoxy groups -OCH3 is 1. The van der Waals surface area contributed by atoms with Gasteiger partial charge in [0.25, 0.3) is 0 Å². The van der Waals surface area contributed by atoms with Gasteiger partial charge in [-0.3, -0.25) is 9.69 Å². The molecule has 10 heteroatoms. The molecule has 2 aliphatic rings. The van der Waals surface area contributed by atoms with Crippen molar-refractivity contribution in [2.24, 2.45) is 23.7 Å². The molecular formula is C44H73N3O7. The molecule has 0 amide bonds. The summed E-state index contributed by atoms with van der Waals surface area (Å²) in [6, 6.07) is 14.8. The number of aliphatic hydroxyl groups is 2. The predicted molar refractivity (Wildman–Crippen MR) is 216 cm³/mol. The van der Waals surface area contributed by atoms with E-state index in [0.717, 1.165) is 51.9 Å². The van der Waals surface area contributed by atoms with Crippen molar-refractivity contribution in [3.05, 3.63) is 48.0 Å². The zero-order valence-corrected chi connectivity index (χ0v) is 35.2. The predicted octanol–water partition coefficient (Wildman–Crippen LogP) is 6.25. The van der Waals surface area contributed by atoms with Crippen molar-refractivity contribution in [2.45, 2.75) is 149 Å². The monoisotopic (exact) mass is 756 g/mol. The van der Waals surface area contributed by atoms with Gasteiger partial charge >= 0.3 is 5.97 Å². The maximum Gasteiger partial charge on any atom is 0.311 e. The number of nitrogens with one attached hydrogen (secondary N) is 1. The summed E-state index contributed by atoms with van der Waals surface area (Å²) in [4.78, 5) is 18.4. The molecule has 10 nitrogen and oxygen atoms in total. The van der Waals surface area contributed by atoms with Gasteiger partial charge in [-0.15, -0.1) is 0 Å². The molecular weight excluding hydrogens is 682 g/mol. The normalized spacial score (nSPS) is 36.8. The second kappa shape index (κ2) is 20.3. The number of carbonyl (C=O) groups excluding carboxylic acids is 1. The number of carbonyl (C=O) groups is 1. The minimum atomic E-state index is -1.68. The van der Waals surface area contributed by atoms with E-state index in [0.29, 0.717) is 12.5 Å². The minimum absolute atomic E-state index is 0.0665. The van der Waals surface area contributed by atoms with E-state index in [4.69, 9.17) is 18.9 Å². The Kier molecular flexibility index (Phi) is 16.8. The van der Waals surface area contributed by atoms with E-state index < -0.39 is 41.8 Å². The Morgan fingerprint density at radius 1 is 1.00 bits per heavy atom. The summed E-state index contributed by atoms with van der Waals surface area (Å²) in [5.74, 6) is -0.915. The molecule has 2 aromatic rings. The Bertz CT molecular complexity index is 1430. The molecule has 6 unspecified atom stereocenters. The van der Waals surface area contributed by atoms with E-state index in [-0.39, 0.29) is 36.3 Å². The number of benzene rings is 2. The van der Waals surface area contributed by atoms with Gasteiger partial charge in [0.05, 0.1) is 24.2 Å². The summed E-state index contributed by atoms with van der Waals surface area (Å²) in [6.07, 6.45) is 0.655. The third-order valence-corrected chi connectivity index (χ3v) is 12.5. The lowest BCUT2D eigenvalue weighted by Gasteiger charge is -2.43. The molecule has 2 heterocycles. The molecule has 0 aromatic heterocycles. The Labute approximate surface area is 326 Å². The second-order valence-corrected chi connectivity index (χ2v) is 17.1. The van der Waals surface area contributed by atoms with E-state index in [1.165, 1.54) is 16.3 Å². The van der Waals surface area contributed by atoms with Crippen molar-refractivity contribution >= 4 is 16.7 Å². The number of esters is 1. The fraction of sp³-hybridized carbons (Fsp3) is 0.750. The summed E-state index contributed by atoms with van der Waals surface area (Å²) in [5, 5.41) is 29.9. The first-order valence-corrected chi connectivity index (χ1v) is 20.6. The van der Waals surface area contributed by atoms with Crippen molar-refractivity contribution in [2.75, 3.05) is 40.8 Å². The molecule has 4 rings (SSSR count). The Balaban J connectivity index is 1.57. The number of nitrogens with zero attached hydrogens (tertiary/aromatic N) is 2. The maximum absolute atomic E-state index is 13.9. The molecule has 2 aliphatic heterocycles. The van der Waals surface area contributed by atoms with Crippen LogP contribution in [0.3, 0.4) is 0 Å². The SMILES string of the molecule is CC[C@H]1OC(=O)C(C)[C@@H](OC)[C@H](C)[C@@H](OC2CC(N(C)C)CC(C)O2)[C@@H](C)C[C@@H](C)CN(CCCNCc2cccc3ccccc23)C(C)C(O)[C@]1(C)O. The largest absolute Gasteiger partial charge is 0.459 e. The summed E-state index contributed by atoms with van der Waals surface area (Å²) in [6.45, 7) is 19.0. The number of rotatable bonds is 11. The molecule has 3 N–H and O–H groups in total. The molecule has 0 bridgehead atoms. The van der Waals surface area contributed by atoms with Gasteiger partial charge in [0.1, 0.15) is 17.8 Å². The summed E-state index contributed by atoms with van der Waals surface area (Å²) in [7, 11) is 5.85. The van der Waals surface area contributed by atoms with Crippen LogP contribution < -0.4 is 5.32 Å². The first kappa shape index (κ1) is 44.6. The number of hydrogen-bond donors (Lipinski definition) is 3. The number of hydrogen-bond acceptors (Lipinski definition) is 10. The van der Waals surface area contributed by atoms with E-state index in [1.54, 1.807) is 14.0 Å². The summed E-state index contributed by atoms with van der Waals surface area (Å²) >= 11 is 0. The van der Waals surface area contributed by atoms with Crippen molar-refractivity contribution < 1.29 is 34.0 Å². The third-order valence-electron chi connectivity index (χ3n) is 12.5. The fourth-order valence-electron chi connectivity index (χ4n) is 9.25. The Morgan fingerprint density at radius 2 is 1.70 bits per heavy atom. The van der Waals surface area contributed by atoms with Crippen LogP contribution in [-0.4, -0.2) is 121 Å². The highest BCUT2D eigenvalue weighted by atomic mass is 16.7. The van der Waals surface area contributed by atoms with Gasteiger partial charge in [-0.05, 0) is 109 Å². The van der Waals surface area contributed by atoms with Crippen LogP contribution in [0.25, 0.3) is 10.8 Å². The molecule has 2 aromatic carbocycles. The molecule has 306 valence electrons. The molecule has 0 radical (unpaired) electrons. The molecule has 0 spiro atoms. The highest BCUT2D eigenvalue weighted by Crippen LogP contribution is 2.35. The van der Waals surface area contributed by atoms with Gasteiger partial charge in [0, 0.05) is 44.6 Å². The number of aliphatic hydroxyl groups excluding tert-OH is 1. The van der Waals surface area contributed by atoms with Crippen LogP contribution in [0, 0.1) is 23.7 Å². The number of cyclic esters (lactones) is 1. The average molecular weight is 756 g/mol. The van der Waals surface area contributed by atoms with Gasteiger partial charge in [0.15, 0.2) is 6.29 Å². The van der Waals surface area contributed by atoms with Crippen molar-refractivity contribution in [3.8, 4) is 0 Å². The molecule has 54 heavy (non-hydrogen) atoms.